The van der Waals surface area contributed by atoms with Crippen LogP contribution in [0.5, 0.6) is 0 Å². The smallest absolute Gasteiger partial charge is 0.303 e. The molecule has 0 rings (SSSR count). The summed E-state index contributed by atoms with van der Waals surface area (Å²) in [5.74, 6) is -10.3. The maximum Gasteiger partial charge on any atom is 0.303 e. The van der Waals surface area contributed by atoms with Crippen molar-refractivity contribution in [3.05, 3.63) is 0 Å². The van der Waals surface area contributed by atoms with E-state index in [4.69, 9.17) is 21.1 Å². The molecule has 0 aliphatic rings. The average molecular weight is 428 g/mol. The van der Waals surface area contributed by atoms with Crippen molar-refractivity contribution >= 4 is 42.3 Å². The number of hydrogen-bond acceptors (Lipinski definition) is 6. The lowest BCUT2D eigenvalue weighted by Gasteiger charge is -2.35. The quantitative estimate of drug-likeness (QED) is 0.212. The monoisotopic (exact) mass is 427 g/mol. The summed E-state index contributed by atoms with van der Waals surface area (Å²) in [4.78, 5) is 55.7. The van der Waals surface area contributed by atoms with Crippen LogP contribution in [0, 0.1) is 23.7 Å². The Morgan fingerprint density at radius 2 is 0.964 bits per heavy atom. The van der Waals surface area contributed by atoms with Crippen LogP contribution < -0.4 is 5.73 Å². The molecule has 162 valence electrons. The van der Waals surface area contributed by atoms with Crippen molar-refractivity contribution in [2.24, 2.45) is 29.4 Å². The highest BCUT2D eigenvalue weighted by atomic mass is 35.5. The van der Waals surface area contributed by atoms with E-state index in [1.165, 1.54) is 0 Å². The van der Waals surface area contributed by atoms with Crippen molar-refractivity contribution in [1.29, 1.82) is 0 Å². The molecule has 0 heterocycles. The van der Waals surface area contributed by atoms with Gasteiger partial charge in [0.25, 0.3) is 0 Å². The predicted molar refractivity (Wildman–Crippen MR) is 96.1 cm³/mol. The van der Waals surface area contributed by atoms with E-state index < -0.39 is 85.6 Å². The molecule has 0 aliphatic heterocycles. The summed E-state index contributed by atoms with van der Waals surface area (Å²) in [6, 6.07) is 0. The largest absolute Gasteiger partial charge is 0.481 e. The van der Waals surface area contributed by atoms with Crippen LogP contribution in [0.4, 0.5) is 0 Å². The molecule has 0 saturated carbocycles. The third-order valence-corrected chi connectivity index (χ3v) is 4.49. The Morgan fingerprint density at radius 1 is 0.607 bits per heavy atom. The van der Waals surface area contributed by atoms with Crippen LogP contribution in [-0.2, 0) is 24.0 Å². The lowest BCUT2D eigenvalue weighted by atomic mass is 9.68. The van der Waals surface area contributed by atoms with Crippen LogP contribution in [0.25, 0.3) is 0 Å². The van der Waals surface area contributed by atoms with Crippen LogP contribution in [0.1, 0.15) is 38.5 Å². The van der Waals surface area contributed by atoms with Crippen molar-refractivity contribution in [2.45, 2.75) is 38.5 Å². The first-order chi connectivity index (χ1) is 12.5. The molecule has 0 spiro atoms. The molecule has 0 fully saturated rings. The summed E-state index contributed by atoms with van der Waals surface area (Å²) >= 11 is 0. The van der Waals surface area contributed by atoms with Gasteiger partial charge in [0.15, 0.2) is 0 Å². The van der Waals surface area contributed by atoms with Gasteiger partial charge in [-0.3, -0.25) is 24.0 Å². The van der Waals surface area contributed by atoms with E-state index in [1.54, 1.807) is 0 Å². The number of carboxylic acid groups (broad SMARTS) is 5. The van der Waals surface area contributed by atoms with Gasteiger partial charge < -0.3 is 31.3 Å². The number of halogens is 1. The third kappa shape index (κ3) is 11.3. The molecule has 7 N–H and O–H groups in total. The molecule has 0 aromatic rings. The minimum atomic E-state index is -1.33. The molecule has 0 aromatic carbocycles. The first-order valence-electron chi connectivity index (χ1n) is 8.26. The lowest BCUT2D eigenvalue weighted by Crippen LogP contribution is -2.38. The van der Waals surface area contributed by atoms with E-state index >= 15 is 0 Å². The third-order valence-electron chi connectivity index (χ3n) is 4.49. The molecule has 0 bridgehead atoms. The van der Waals surface area contributed by atoms with E-state index in [2.05, 4.69) is 0 Å². The van der Waals surface area contributed by atoms with Gasteiger partial charge in [-0.25, -0.2) is 0 Å². The van der Waals surface area contributed by atoms with E-state index in [1.807, 2.05) is 0 Å². The van der Waals surface area contributed by atoms with Gasteiger partial charge in [0.05, 0.1) is 0 Å². The molecule has 4 atom stereocenters. The summed E-state index contributed by atoms with van der Waals surface area (Å²) in [7, 11) is 0. The molecular formula is C16H26ClNO10. The average Bonchev–Trinajstić information content (AvgIpc) is 2.51. The van der Waals surface area contributed by atoms with Crippen molar-refractivity contribution in [2.75, 3.05) is 6.54 Å². The van der Waals surface area contributed by atoms with Crippen LogP contribution in [0.2, 0.25) is 0 Å². The minimum absolute atomic E-state index is 0. The normalized spacial score (nSPS) is 14.8. The van der Waals surface area contributed by atoms with Gasteiger partial charge in [-0.15, -0.1) is 12.4 Å². The molecule has 0 aliphatic carbocycles. The maximum absolute atomic E-state index is 11.3. The van der Waals surface area contributed by atoms with Crippen LogP contribution in [0.15, 0.2) is 0 Å². The van der Waals surface area contributed by atoms with Crippen LogP contribution in [0.3, 0.4) is 0 Å². The van der Waals surface area contributed by atoms with E-state index in [0.29, 0.717) is 0 Å². The van der Waals surface area contributed by atoms with Gasteiger partial charge in [0.2, 0.25) is 0 Å². The fourth-order valence-electron chi connectivity index (χ4n) is 3.37. The number of aliphatic carboxylic acids is 5. The Balaban J connectivity index is 0. The van der Waals surface area contributed by atoms with Crippen molar-refractivity contribution < 1.29 is 49.5 Å². The van der Waals surface area contributed by atoms with Gasteiger partial charge in [-0.2, -0.15) is 0 Å². The van der Waals surface area contributed by atoms with E-state index in [9.17, 15) is 34.2 Å². The first-order valence-corrected chi connectivity index (χ1v) is 8.26. The van der Waals surface area contributed by atoms with Crippen LogP contribution >= 0.6 is 12.4 Å². The molecule has 12 heteroatoms. The number of carbonyl (C=O) groups is 5. The fourth-order valence-corrected chi connectivity index (χ4v) is 3.37. The number of nitrogens with two attached hydrogens (primary N) is 1. The van der Waals surface area contributed by atoms with Gasteiger partial charge in [0, 0.05) is 32.1 Å². The number of rotatable bonds is 15. The van der Waals surface area contributed by atoms with Gasteiger partial charge in [-0.05, 0) is 36.6 Å². The second kappa shape index (κ2) is 13.7. The highest BCUT2D eigenvalue weighted by molar-refractivity contribution is 5.85. The second-order valence-electron chi connectivity index (χ2n) is 6.41. The van der Waals surface area contributed by atoms with Crippen molar-refractivity contribution in [3.63, 3.8) is 0 Å². The lowest BCUT2D eigenvalue weighted by molar-refractivity contribution is -0.147. The van der Waals surface area contributed by atoms with Gasteiger partial charge in [0.1, 0.15) is 0 Å². The summed E-state index contributed by atoms with van der Waals surface area (Å²) in [5.41, 5.74) is 5.58. The zero-order chi connectivity index (χ0) is 21.1. The summed E-state index contributed by atoms with van der Waals surface area (Å²) < 4.78 is 0. The molecule has 0 unspecified atom stereocenters. The first kappa shape index (κ1) is 27.8. The molecule has 11 nitrogen and oxygen atoms in total. The summed E-state index contributed by atoms with van der Waals surface area (Å²) in [6.07, 6.45) is -2.91. The highest BCUT2D eigenvalue weighted by Crippen LogP contribution is 2.38. The standard InChI is InChI=1S/C16H25NO10.ClH/c17-7-9(4-14(22)23)11(6-16(26)27)10(5-15(24)25)8(3-13(20)21)1-2-12(18)19;/h8-11H,1-7,17H2,(H,18,19)(H,20,21)(H,22,23)(H,24,25)(H,26,27);1H/t8-,9-,10-,11+;/m1./s1. The van der Waals surface area contributed by atoms with E-state index in [0.717, 1.165) is 0 Å². The molecular weight excluding hydrogens is 402 g/mol. The summed E-state index contributed by atoms with van der Waals surface area (Å²) in [5, 5.41) is 45.4. The molecule has 0 radical (unpaired) electrons. The van der Waals surface area contributed by atoms with Crippen molar-refractivity contribution in [3.8, 4) is 0 Å². The zero-order valence-corrected chi connectivity index (χ0v) is 15.8. The number of hydrogen-bond donors (Lipinski definition) is 6. The van der Waals surface area contributed by atoms with Crippen molar-refractivity contribution in [1.82, 2.24) is 0 Å². The SMILES string of the molecule is Cl.NC[C@@H](CC(=O)O)[C@H](CC(=O)O)[C@H](CC(=O)O)[C@H](CCC(=O)O)CC(=O)O. The van der Waals surface area contributed by atoms with E-state index in [-0.39, 0.29) is 25.4 Å². The molecule has 0 saturated heterocycles. The summed E-state index contributed by atoms with van der Waals surface area (Å²) in [6.45, 7) is -0.237. The Labute approximate surface area is 166 Å². The molecule has 0 amide bonds. The Morgan fingerprint density at radius 3 is 1.29 bits per heavy atom. The molecule has 28 heavy (non-hydrogen) atoms. The highest BCUT2D eigenvalue weighted by Gasteiger charge is 2.38. The maximum atomic E-state index is 11.3. The van der Waals surface area contributed by atoms with Crippen LogP contribution in [-0.4, -0.2) is 61.9 Å². The number of carboxylic acids is 5. The minimum Gasteiger partial charge on any atom is -0.481 e. The Hall–Kier alpha value is -2.40. The van der Waals surface area contributed by atoms with Gasteiger partial charge >= 0.3 is 29.8 Å². The zero-order valence-electron chi connectivity index (χ0n) is 15.0. The Bertz CT molecular complexity index is 568. The topological polar surface area (TPSA) is 213 Å². The Kier molecular flexibility index (Phi) is 13.6. The second-order valence-corrected chi connectivity index (χ2v) is 6.41. The molecule has 0 aromatic heterocycles. The predicted octanol–water partition coefficient (Wildman–Crippen LogP) is 0.595. The van der Waals surface area contributed by atoms with Gasteiger partial charge in [-0.1, -0.05) is 0 Å². The fraction of sp³-hybridized carbons (Fsp3) is 0.688.